The molecule has 1 N–H and O–H groups in total. The van der Waals surface area contributed by atoms with E-state index in [9.17, 15) is 13.2 Å². The van der Waals surface area contributed by atoms with Crippen molar-refractivity contribution in [3.8, 4) is 0 Å². The van der Waals surface area contributed by atoms with Gasteiger partial charge < -0.3 is 4.90 Å². The van der Waals surface area contributed by atoms with E-state index in [4.69, 9.17) is 23.2 Å². The van der Waals surface area contributed by atoms with Crippen LogP contribution in [-0.4, -0.2) is 39.4 Å². The maximum atomic E-state index is 12.5. The monoisotopic (exact) mass is 352 g/mol. The average molecular weight is 353 g/mol. The Morgan fingerprint density at radius 1 is 1.19 bits per heavy atom. The van der Waals surface area contributed by atoms with Crippen LogP contribution >= 0.6 is 23.2 Å². The number of sulfonamides is 1. The summed E-state index contributed by atoms with van der Waals surface area (Å²) >= 11 is 11.8. The summed E-state index contributed by atoms with van der Waals surface area (Å²) in [5, 5.41) is 0.0182. The normalized spacial score (nSPS) is 13.3. The SMILES string of the molecule is CC(C)[C@H](NS(=O)(=O)c1c(Cl)cccc1Cl)C(=O)N(C)C. The molecule has 0 saturated carbocycles. The van der Waals surface area contributed by atoms with Gasteiger partial charge in [-0.25, -0.2) is 8.42 Å². The van der Waals surface area contributed by atoms with E-state index in [2.05, 4.69) is 4.72 Å². The van der Waals surface area contributed by atoms with Gasteiger partial charge in [0, 0.05) is 14.1 Å². The molecule has 0 radical (unpaired) electrons. The highest BCUT2D eigenvalue weighted by Gasteiger charge is 2.31. The molecule has 0 bridgehead atoms. The van der Waals surface area contributed by atoms with Gasteiger partial charge >= 0.3 is 0 Å². The molecule has 0 heterocycles. The minimum Gasteiger partial charge on any atom is -0.347 e. The standard InChI is InChI=1S/C13H18Cl2N2O3S/c1-8(2)11(13(18)17(3)4)16-21(19,20)12-9(14)6-5-7-10(12)15/h5-8,11,16H,1-4H3/t11-/m0/s1. The first-order valence-corrected chi connectivity index (χ1v) is 8.49. The Morgan fingerprint density at radius 2 is 1.67 bits per heavy atom. The lowest BCUT2D eigenvalue weighted by atomic mass is 10.0. The summed E-state index contributed by atoms with van der Waals surface area (Å²) in [5.74, 6) is -0.562. The number of halogens is 2. The highest BCUT2D eigenvalue weighted by molar-refractivity contribution is 7.89. The van der Waals surface area contributed by atoms with Crippen molar-refractivity contribution < 1.29 is 13.2 Å². The van der Waals surface area contributed by atoms with Crippen molar-refractivity contribution >= 4 is 39.1 Å². The number of carbonyl (C=O) groups is 1. The summed E-state index contributed by atoms with van der Waals surface area (Å²) in [4.78, 5) is 13.2. The molecule has 118 valence electrons. The van der Waals surface area contributed by atoms with Gasteiger partial charge in [0.15, 0.2) is 0 Å². The van der Waals surface area contributed by atoms with E-state index in [0.717, 1.165) is 0 Å². The number of hydrogen-bond donors (Lipinski definition) is 1. The van der Waals surface area contributed by atoms with E-state index in [1.807, 2.05) is 0 Å². The van der Waals surface area contributed by atoms with E-state index in [1.54, 1.807) is 34.0 Å². The van der Waals surface area contributed by atoms with Gasteiger partial charge in [0.2, 0.25) is 15.9 Å². The van der Waals surface area contributed by atoms with Gasteiger partial charge in [-0.2, -0.15) is 4.72 Å². The predicted molar refractivity (Wildman–Crippen MR) is 84.1 cm³/mol. The van der Waals surface area contributed by atoms with Crippen molar-refractivity contribution in [2.24, 2.45) is 5.92 Å². The number of benzene rings is 1. The van der Waals surface area contributed by atoms with Crippen molar-refractivity contribution in [2.75, 3.05) is 14.1 Å². The molecule has 21 heavy (non-hydrogen) atoms. The Labute approximate surface area is 135 Å². The quantitative estimate of drug-likeness (QED) is 0.884. The zero-order valence-electron chi connectivity index (χ0n) is 12.2. The molecule has 1 amide bonds. The topological polar surface area (TPSA) is 66.5 Å². The fraction of sp³-hybridized carbons (Fsp3) is 0.462. The van der Waals surface area contributed by atoms with Crippen LogP contribution in [0.25, 0.3) is 0 Å². The highest BCUT2D eigenvalue weighted by Crippen LogP contribution is 2.29. The smallest absolute Gasteiger partial charge is 0.244 e. The van der Waals surface area contributed by atoms with E-state index in [-0.39, 0.29) is 26.8 Å². The molecular weight excluding hydrogens is 335 g/mol. The van der Waals surface area contributed by atoms with Gasteiger partial charge in [-0.3, -0.25) is 4.79 Å². The van der Waals surface area contributed by atoms with E-state index >= 15 is 0 Å². The van der Waals surface area contributed by atoms with Gasteiger partial charge in [-0.1, -0.05) is 43.1 Å². The number of carbonyl (C=O) groups excluding carboxylic acids is 1. The molecule has 1 aromatic carbocycles. The van der Waals surface area contributed by atoms with Crippen LogP contribution in [0.2, 0.25) is 10.0 Å². The van der Waals surface area contributed by atoms with Crippen LogP contribution in [0.1, 0.15) is 13.8 Å². The van der Waals surface area contributed by atoms with Gasteiger partial charge in [0.1, 0.15) is 10.9 Å². The Kier molecular flexibility index (Phi) is 6.04. The fourth-order valence-electron chi connectivity index (χ4n) is 1.72. The molecule has 0 aliphatic carbocycles. The first-order chi connectivity index (χ1) is 9.58. The molecule has 0 saturated heterocycles. The summed E-state index contributed by atoms with van der Waals surface area (Å²) in [6.07, 6.45) is 0. The summed E-state index contributed by atoms with van der Waals surface area (Å²) in [6.45, 7) is 3.51. The maximum absolute atomic E-state index is 12.5. The van der Waals surface area contributed by atoms with Crippen molar-refractivity contribution in [1.82, 2.24) is 9.62 Å². The highest BCUT2D eigenvalue weighted by atomic mass is 35.5. The summed E-state index contributed by atoms with van der Waals surface area (Å²) in [6, 6.07) is 3.52. The Morgan fingerprint density at radius 3 is 2.05 bits per heavy atom. The Hall–Kier alpha value is -0.820. The van der Waals surface area contributed by atoms with Gasteiger partial charge in [-0.05, 0) is 18.1 Å². The minimum atomic E-state index is -4.01. The zero-order chi connectivity index (χ0) is 16.4. The zero-order valence-corrected chi connectivity index (χ0v) is 14.6. The third-order valence-corrected chi connectivity index (χ3v) is 5.24. The van der Waals surface area contributed by atoms with Crippen molar-refractivity contribution in [3.63, 3.8) is 0 Å². The van der Waals surface area contributed by atoms with Crippen LogP contribution in [-0.2, 0) is 14.8 Å². The summed E-state index contributed by atoms with van der Waals surface area (Å²) in [5.41, 5.74) is 0. The molecule has 0 aliphatic heterocycles. The second-order valence-electron chi connectivity index (χ2n) is 5.13. The number of rotatable bonds is 5. The number of nitrogens with one attached hydrogen (secondary N) is 1. The number of amides is 1. The number of likely N-dealkylation sites (N-methyl/N-ethyl adjacent to an activating group) is 1. The van der Waals surface area contributed by atoms with Crippen LogP contribution in [0.15, 0.2) is 23.1 Å². The molecule has 0 aliphatic rings. The molecule has 0 aromatic heterocycles. The second kappa shape index (κ2) is 6.96. The molecule has 1 rings (SSSR count). The minimum absolute atomic E-state index is 0.00908. The predicted octanol–water partition coefficient (Wildman–Crippen LogP) is 2.38. The lowest BCUT2D eigenvalue weighted by molar-refractivity contribution is -0.131. The van der Waals surface area contributed by atoms with Crippen LogP contribution in [0.4, 0.5) is 0 Å². The molecule has 8 heteroatoms. The molecule has 0 unspecified atom stereocenters. The lowest BCUT2D eigenvalue weighted by Gasteiger charge is -2.24. The summed E-state index contributed by atoms with van der Waals surface area (Å²) < 4.78 is 27.3. The molecule has 0 fully saturated rings. The van der Waals surface area contributed by atoms with Gasteiger partial charge in [0.25, 0.3) is 0 Å². The number of hydrogen-bond acceptors (Lipinski definition) is 3. The third-order valence-electron chi connectivity index (χ3n) is 2.84. The third kappa shape index (κ3) is 4.32. The largest absolute Gasteiger partial charge is 0.347 e. The first kappa shape index (κ1) is 18.2. The molecular formula is C13H18Cl2N2O3S. The van der Waals surface area contributed by atoms with Gasteiger partial charge in [0.05, 0.1) is 10.0 Å². The van der Waals surface area contributed by atoms with E-state index in [0.29, 0.717) is 0 Å². The van der Waals surface area contributed by atoms with Crippen LogP contribution in [0.3, 0.4) is 0 Å². The summed E-state index contributed by atoms with van der Waals surface area (Å²) in [7, 11) is -0.878. The molecule has 0 spiro atoms. The number of nitrogens with zero attached hydrogens (tertiary/aromatic N) is 1. The van der Waals surface area contributed by atoms with Gasteiger partial charge in [-0.15, -0.1) is 0 Å². The van der Waals surface area contributed by atoms with Crippen molar-refractivity contribution in [1.29, 1.82) is 0 Å². The van der Waals surface area contributed by atoms with Crippen molar-refractivity contribution in [3.05, 3.63) is 28.2 Å². The van der Waals surface area contributed by atoms with Crippen LogP contribution < -0.4 is 4.72 Å². The Bertz CT molecular complexity index is 610. The molecule has 5 nitrogen and oxygen atoms in total. The van der Waals surface area contributed by atoms with E-state index in [1.165, 1.54) is 17.0 Å². The molecule has 1 atom stereocenters. The molecule has 1 aromatic rings. The van der Waals surface area contributed by atoms with Crippen LogP contribution in [0, 0.1) is 5.92 Å². The maximum Gasteiger partial charge on any atom is 0.244 e. The fourth-order valence-corrected chi connectivity index (χ4v) is 4.20. The second-order valence-corrected chi connectivity index (χ2v) is 7.59. The van der Waals surface area contributed by atoms with Crippen LogP contribution in [0.5, 0.6) is 0 Å². The average Bonchev–Trinajstić information content (AvgIpc) is 2.34. The Balaban J connectivity index is 3.22. The lowest BCUT2D eigenvalue weighted by Crippen LogP contribution is -2.49. The first-order valence-electron chi connectivity index (χ1n) is 6.25. The van der Waals surface area contributed by atoms with E-state index < -0.39 is 16.1 Å². The van der Waals surface area contributed by atoms with Crippen molar-refractivity contribution in [2.45, 2.75) is 24.8 Å².